The van der Waals surface area contributed by atoms with Gasteiger partial charge in [-0.25, -0.2) is 9.59 Å². The third kappa shape index (κ3) is 4.31. The molecule has 10 heteroatoms. The standard InChI is InChI=1S/C25H27N3O7/c1-14-8-4-6-10-16(14)19(29)20(30)22-25(34,21(31)17-11-7-5-9-15(17)2)12-18(35-22)28-13-27(3)23(32)26-24(28)33/h4-11,18,20,22,30,34H,12-13H2,1-3H3,(H,26,32,33)/t18-,20?,22-,25-/m1/s1. The van der Waals surface area contributed by atoms with Gasteiger partial charge in [-0.3, -0.25) is 19.8 Å². The molecule has 35 heavy (non-hydrogen) atoms. The fraction of sp³-hybridized carbons (Fsp3) is 0.360. The van der Waals surface area contributed by atoms with E-state index in [0.29, 0.717) is 11.1 Å². The molecule has 4 rings (SSSR count). The van der Waals surface area contributed by atoms with E-state index in [1.165, 1.54) is 24.1 Å². The van der Waals surface area contributed by atoms with Crippen molar-refractivity contribution < 1.29 is 34.1 Å². The number of carbonyl (C=O) groups excluding carboxylic acids is 4. The van der Waals surface area contributed by atoms with E-state index in [9.17, 15) is 29.4 Å². The first kappa shape index (κ1) is 24.5. The van der Waals surface area contributed by atoms with Crippen molar-refractivity contribution in [3.8, 4) is 0 Å². The van der Waals surface area contributed by atoms with Crippen molar-refractivity contribution in [2.45, 2.75) is 44.3 Å². The molecule has 0 bridgehead atoms. The Hall–Kier alpha value is -3.60. The van der Waals surface area contributed by atoms with E-state index in [1.54, 1.807) is 50.2 Å². The van der Waals surface area contributed by atoms with Crippen LogP contribution in [0.5, 0.6) is 0 Å². The van der Waals surface area contributed by atoms with Crippen LogP contribution in [-0.4, -0.2) is 81.4 Å². The fourth-order valence-corrected chi connectivity index (χ4v) is 4.50. The molecule has 2 fully saturated rings. The minimum absolute atomic E-state index is 0.168. The summed E-state index contributed by atoms with van der Waals surface area (Å²) in [5.41, 5.74) is -0.701. The Morgan fingerprint density at radius 1 is 1.03 bits per heavy atom. The molecule has 1 unspecified atom stereocenters. The van der Waals surface area contributed by atoms with Crippen molar-refractivity contribution in [1.29, 1.82) is 0 Å². The Balaban J connectivity index is 1.72. The summed E-state index contributed by atoms with van der Waals surface area (Å²) in [6.45, 7) is 3.23. The third-order valence-electron chi connectivity index (χ3n) is 6.54. The summed E-state index contributed by atoms with van der Waals surface area (Å²) in [7, 11) is 1.46. The molecule has 0 aliphatic carbocycles. The molecule has 2 heterocycles. The van der Waals surface area contributed by atoms with Crippen LogP contribution in [-0.2, 0) is 4.74 Å². The predicted octanol–water partition coefficient (Wildman–Crippen LogP) is 1.61. The van der Waals surface area contributed by atoms with Crippen LogP contribution in [0.15, 0.2) is 48.5 Å². The second-order valence-corrected chi connectivity index (χ2v) is 8.95. The number of hydrogen-bond donors (Lipinski definition) is 3. The first-order valence-electron chi connectivity index (χ1n) is 11.1. The van der Waals surface area contributed by atoms with Gasteiger partial charge in [0.25, 0.3) is 0 Å². The molecule has 184 valence electrons. The summed E-state index contributed by atoms with van der Waals surface area (Å²) in [5, 5.41) is 25.0. The van der Waals surface area contributed by atoms with Crippen LogP contribution in [0, 0.1) is 13.8 Å². The Morgan fingerprint density at radius 2 is 1.60 bits per heavy atom. The summed E-state index contributed by atoms with van der Waals surface area (Å²) in [6.07, 6.45) is -5.15. The zero-order valence-corrected chi connectivity index (χ0v) is 19.6. The van der Waals surface area contributed by atoms with Crippen molar-refractivity contribution in [3.63, 3.8) is 0 Å². The lowest BCUT2D eigenvalue weighted by Gasteiger charge is -2.36. The van der Waals surface area contributed by atoms with Crippen molar-refractivity contribution in [1.82, 2.24) is 15.1 Å². The lowest BCUT2D eigenvalue weighted by molar-refractivity contribution is -0.105. The number of imide groups is 1. The molecule has 0 aromatic heterocycles. The zero-order valence-electron chi connectivity index (χ0n) is 19.6. The van der Waals surface area contributed by atoms with Crippen LogP contribution in [0.2, 0.25) is 0 Å². The van der Waals surface area contributed by atoms with Crippen LogP contribution < -0.4 is 5.32 Å². The van der Waals surface area contributed by atoms with E-state index in [2.05, 4.69) is 5.32 Å². The molecule has 3 N–H and O–H groups in total. The summed E-state index contributed by atoms with van der Waals surface area (Å²) in [4.78, 5) is 53.5. The molecule has 4 atom stereocenters. The summed E-state index contributed by atoms with van der Waals surface area (Å²) in [6, 6.07) is 11.9. The van der Waals surface area contributed by atoms with E-state index in [-0.39, 0.29) is 17.8 Å². The molecule has 2 saturated heterocycles. The molecule has 0 radical (unpaired) electrons. The van der Waals surface area contributed by atoms with Crippen molar-refractivity contribution in [3.05, 3.63) is 70.8 Å². The van der Waals surface area contributed by atoms with Gasteiger partial charge < -0.3 is 19.8 Å². The lowest BCUT2D eigenvalue weighted by Crippen LogP contribution is -2.60. The largest absolute Gasteiger partial charge is 0.382 e. The number of rotatable bonds is 6. The highest BCUT2D eigenvalue weighted by atomic mass is 16.6. The van der Waals surface area contributed by atoms with Crippen LogP contribution in [0.4, 0.5) is 9.59 Å². The highest BCUT2D eigenvalue weighted by Gasteiger charge is 2.59. The molecule has 2 aliphatic heterocycles. The van der Waals surface area contributed by atoms with Gasteiger partial charge in [0.2, 0.25) is 0 Å². The Labute approximate surface area is 202 Å². The quantitative estimate of drug-likeness (QED) is 0.533. The molecule has 2 aromatic carbocycles. The molecular formula is C25H27N3O7. The molecular weight excluding hydrogens is 454 g/mol. The summed E-state index contributed by atoms with van der Waals surface area (Å²) < 4.78 is 5.88. The second kappa shape index (κ2) is 9.21. The van der Waals surface area contributed by atoms with Gasteiger partial charge in [0.1, 0.15) is 25.1 Å². The molecule has 0 spiro atoms. The normalized spacial score (nSPS) is 25.4. The number of nitrogens with zero attached hydrogens (tertiary/aromatic N) is 2. The Morgan fingerprint density at radius 3 is 2.20 bits per heavy atom. The number of hydrogen-bond acceptors (Lipinski definition) is 7. The number of aryl methyl sites for hydroxylation is 2. The lowest BCUT2D eigenvalue weighted by atomic mass is 9.81. The first-order chi connectivity index (χ1) is 16.5. The van der Waals surface area contributed by atoms with Gasteiger partial charge in [-0.05, 0) is 25.0 Å². The van der Waals surface area contributed by atoms with Crippen LogP contribution in [0.3, 0.4) is 0 Å². The average Bonchev–Trinajstić information content (AvgIpc) is 3.19. The van der Waals surface area contributed by atoms with Crippen molar-refractivity contribution in [2.24, 2.45) is 0 Å². The first-order valence-corrected chi connectivity index (χ1v) is 11.1. The van der Waals surface area contributed by atoms with E-state index in [1.807, 2.05) is 0 Å². The third-order valence-corrected chi connectivity index (χ3v) is 6.54. The number of aliphatic hydroxyl groups excluding tert-OH is 1. The monoisotopic (exact) mass is 481 g/mol. The number of urea groups is 2. The molecule has 0 saturated carbocycles. The predicted molar refractivity (Wildman–Crippen MR) is 124 cm³/mol. The molecule has 2 aromatic rings. The number of benzene rings is 2. The number of carbonyl (C=O) groups is 4. The number of ether oxygens (including phenoxy) is 1. The minimum Gasteiger partial charge on any atom is -0.382 e. The number of amides is 4. The van der Waals surface area contributed by atoms with Gasteiger partial charge >= 0.3 is 12.1 Å². The average molecular weight is 482 g/mol. The smallest absolute Gasteiger partial charge is 0.328 e. The van der Waals surface area contributed by atoms with E-state index >= 15 is 0 Å². The Bertz CT molecular complexity index is 1200. The van der Waals surface area contributed by atoms with Gasteiger partial charge in [0, 0.05) is 24.6 Å². The Kier molecular flexibility index (Phi) is 6.46. The molecule has 4 amide bonds. The maximum absolute atomic E-state index is 13.6. The van der Waals surface area contributed by atoms with Gasteiger partial charge in [0.05, 0.1) is 0 Å². The van der Waals surface area contributed by atoms with Gasteiger partial charge in [-0.2, -0.15) is 0 Å². The van der Waals surface area contributed by atoms with Gasteiger partial charge in [-0.1, -0.05) is 48.5 Å². The van der Waals surface area contributed by atoms with Gasteiger partial charge in [-0.15, -0.1) is 0 Å². The van der Waals surface area contributed by atoms with E-state index in [0.717, 1.165) is 4.90 Å². The van der Waals surface area contributed by atoms with Crippen LogP contribution in [0.1, 0.15) is 38.3 Å². The second-order valence-electron chi connectivity index (χ2n) is 8.95. The number of nitrogens with one attached hydrogen (secondary N) is 1. The highest BCUT2D eigenvalue weighted by molar-refractivity contribution is 6.06. The maximum atomic E-state index is 13.6. The SMILES string of the molecule is Cc1ccccc1C(=O)C(O)[C@H]1O[C@@H](N2CN(C)C(=O)NC2=O)C[C@@]1(O)C(=O)c1ccccc1C. The summed E-state index contributed by atoms with van der Waals surface area (Å²) in [5.74, 6) is -1.46. The van der Waals surface area contributed by atoms with E-state index in [4.69, 9.17) is 4.74 Å². The van der Waals surface area contributed by atoms with Crippen molar-refractivity contribution in [2.75, 3.05) is 13.7 Å². The zero-order chi connectivity index (χ0) is 25.5. The van der Waals surface area contributed by atoms with Crippen LogP contribution >= 0.6 is 0 Å². The number of Topliss-reactive ketones (excluding diaryl/α,β-unsaturated/α-hetero) is 2. The maximum Gasteiger partial charge on any atom is 0.328 e. The number of ketones is 2. The molecule has 2 aliphatic rings. The van der Waals surface area contributed by atoms with Crippen LogP contribution in [0.25, 0.3) is 0 Å². The summed E-state index contributed by atoms with van der Waals surface area (Å²) >= 11 is 0. The topological polar surface area (TPSA) is 136 Å². The fourth-order valence-electron chi connectivity index (χ4n) is 4.50. The molecule has 10 nitrogen and oxygen atoms in total. The van der Waals surface area contributed by atoms with Gasteiger partial charge in [0.15, 0.2) is 17.2 Å². The van der Waals surface area contributed by atoms with E-state index < -0.39 is 54.1 Å². The highest BCUT2D eigenvalue weighted by Crippen LogP contribution is 2.38. The van der Waals surface area contributed by atoms with Crippen molar-refractivity contribution >= 4 is 23.6 Å². The minimum atomic E-state index is -2.32. The number of aliphatic hydroxyl groups is 2.